The molecule has 0 aromatic carbocycles. The van der Waals surface area contributed by atoms with E-state index in [1.807, 2.05) is 0 Å². The monoisotopic (exact) mass is 282 g/mol. The first-order valence-electron chi connectivity index (χ1n) is 8.07. The minimum Gasteiger partial charge on any atom is -0.120 e. The Hall–Kier alpha value is -1.76. The summed E-state index contributed by atoms with van der Waals surface area (Å²) in [5.41, 5.74) is 0. The molecule has 0 rings (SSSR count). The first-order valence-corrected chi connectivity index (χ1v) is 8.07. The summed E-state index contributed by atoms with van der Waals surface area (Å²) in [6, 6.07) is 0. The summed E-state index contributed by atoms with van der Waals surface area (Å²) < 4.78 is 0. The van der Waals surface area contributed by atoms with Gasteiger partial charge in [0.15, 0.2) is 0 Å². The fraction of sp³-hybridized carbons (Fsp3) is 0.619. The number of hydrogen-bond donors (Lipinski definition) is 0. The lowest BCUT2D eigenvalue weighted by Gasteiger charge is -1.97. The molecular formula is C21H30. The molecule has 0 amide bonds. The highest BCUT2D eigenvalue weighted by Gasteiger charge is 1.89. The Labute approximate surface area is 133 Å². The molecule has 0 heterocycles. The van der Waals surface area contributed by atoms with Crippen molar-refractivity contribution in [3.8, 4) is 49.4 Å². The highest BCUT2D eigenvalue weighted by molar-refractivity contribution is 4.85. The van der Waals surface area contributed by atoms with Crippen LogP contribution in [0.2, 0.25) is 0 Å². The summed E-state index contributed by atoms with van der Waals surface area (Å²) in [6.07, 6.45) is 35.0. The van der Waals surface area contributed by atoms with Crippen molar-refractivity contribution in [1.29, 1.82) is 0 Å². The molecular weight excluding hydrogens is 252 g/mol. The lowest BCUT2D eigenvalue weighted by atomic mass is 10.1. The highest BCUT2D eigenvalue weighted by atomic mass is 13.9. The Morgan fingerprint density at radius 3 is 0.762 bits per heavy atom. The fourth-order valence-electron chi connectivity index (χ4n) is 1.79. The van der Waals surface area contributed by atoms with Crippen molar-refractivity contribution in [1.82, 2.24) is 0 Å². The van der Waals surface area contributed by atoms with Crippen molar-refractivity contribution in [2.75, 3.05) is 0 Å². The summed E-state index contributed by atoms with van der Waals surface area (Å²) in [4.78, 5) is 0. The van der Waals surface area contributed by atoms with E-state index in [4.69, 9.17) is 25.7 Å². The first kappa shape index (κ1) is 21.5. The lowest BCUT2D eigenvalue weighted by Crippen LogP contribution is -1.79. The van der Waals surface area contributed by atoms with Gasteiger partial charge in [-0.3, -0.25) is 0 Å². The van der Waals surface area contributed by atoms with E-state index in [9.17, 15) is 0 Å². The van der Waals surface area contributed by atoms with Crippen LogP contribution in [0.3, 0.4) is 0 Å². The normalized spacial score (nSPS) is 8.38. The third-order valence-electron chi connectivity index (χ3n) is 3.03. The Bertz CT molecular complexity index is 311. The maximum Gasteiger partial charge on any atom is 0.00860 e. The number of unbranched alkanes of at least 4 members (excludes halogenated alkanes) is 11. The van der Waals surface area contributed by atoms with E-state index in [-0.39, 0.29) is 0 Å². The van der Waals surface area contributed by atoms with Gasteiger partial charge >= 0.3 is 0 Å². The lowest BCUT2D eigenvalue weighted by molar-refractivity contribution is 0.604. The largest absolute Gasteiger partial charge is 0.120 e. The maximum absolute atomic E-state index is 5.14. The van der Waals surface area contributed by atoms with Gasteiger partial charge in [-0.2, -0.15) is 0 Å². The van der Waals surface area contributed by atoms with Gasteiger partial charge in [0.05, 0.1) is 0 Å². The van der Waals surface area contributed by atoms with Gasteiger partial charge in [0.1, 0.15) is 0 Å². The molecule has 0 aliphatic carbocycles. The minimum atomic E-state index is 0.893. The molecule has 21 heavy (non-hydrogen) atoms. The van der Waals surface area contributed by atoms with Gasteiger partial charge < -0.3 is 0 Å². The zero-order valence-corrected chi connectivity index (χ0v) is 13.5. The molecule has 0 spiro atoms. The van der Waals surface area contributed by atoms with Crippen LogP contribution in [0.15, 0.2) is 0 Å². The van der Waals surface area contributed by atoms with E-state index >= 15 is 0 Å². The third kappa shape index (κ3) is 27.4. The van der Waals surface area contributed by atoms with Crippen LogP contribution in [-0.4, -0.2) is 0 Å². The van der Waals surface area contributed by atoms with E-state index in [1.165, 1.54) is 44.9 Å². The van der Waals surface area contributed by atoms with Crippen LogP contribution < -0.4 is 0 Å². The highest BCUT2D eigenvalue weighted by Crippen LogP contribution is 2.07. The van der Waals surface area contributed by atoms with Gasteiger partial charge in [0.2, 0.25) is 0 Å². The molecule has 0 heteroatoms. The zero-order chi connectivity index (χ0) is 16.0. The average Bonchev–Trinajstić information content (AvgIpc) is 2.51. The predicted octanol–water partition coefficient (Wildman–Crippen LogP) is 5.58. The Morgan fingerprint density at radius 1 is 0.333 bits per heavy atom. The predicted molar refractivity (Wildman–Crippen MR) is 95.4 cm³/mol. The van der Waals surface area contributed by atoms with Crippen LogP contribution >= 0.6 is 0 Å². The van der Waals surface area contributed by atoms with Gasteiger partial charge in [-0.1, -0.05) is 32.1 Å². The minimum absolute atomic E-state index is 0.893. The fourth-order valence-corrected chi connectivity index (χ4v) is 1.79. The van der Waals surface area contributed by atoms with Crippen molar-refractivity contribution in [2.24, 2.45) is 0 Å². The first-order chi connectivity index (χ1) is 10.3. The van der Waals surface area contributed by atoms with Crippen LogP contribution in [0.1, 0.15) is 83.5 Å². The van der Waals surface area contributed by atoms with Crippen molar-refractivity contribution in [2.45, 2.75) is 83.5 Å². The van der Waals surface area contributed by atoms with E-state index in [1.54, 1.807) is 0 Å². The molecule has 0 aliphatic rings. The second kappa shape index (κ2) is 23.3. The molecule has 0 bridgehead atoms. The van der Waals surface area contributed by atoms with Crippen LogP contribution in [0.4, 0.5) is 0 Å². The number of rotatable bonds is 11. The van der Waals surface area contributed by atoms with E-state index in [0.717, 1.165) is 38.5 Å². The second-order valence-electron chi connectivity index (χ2n) is 5.00. The van der Waals surface area contributed by atoms with Crippen molar-refractivity contribution in [3.05, 3.63) is 0 Å². The number of terminal acetylenes is 4. The Kier molecular flexibility index (Phi) is 23.9. The van der Waals surface area contributed by atoms with Gasteiger partial charge in [0.25, 0.3) is 0 Å². The average molecular weight is 282 g/mol. The molecule has 114 valence electrons. The van der Waals surface area contributed by atoms with Crippen molar-refractivity contribution >= 4 is 0 Å². The molecule has 0 aromatic heterocycles. The number of hydrogen-bond acceptors (Lipinski definition) is 0. The molecule has 0 nitrogen and oxygen atoms in total. The van der Waals surface area contributed by atoms with Gasteiger partial charge in [-0.25, -0.2) is 0 Å². The molecule has 0 unspecified atom stereocenters. The summed E-state index contributed by atoms with van der Waals surface area (Å²) >= 11 is 0. The maximum atomic E-state index is 5.14. The second-order valence-corrected chi connectivity index (χ2v) is 5.00. The molecule has 0 fully saturated rings. The van der Waals surface area contributed by atoms with Gasteiger partial charge in [-0.15, -0.1) is 49.4 Å². The molecule has 0 saturated heterocycles. The van der Waals surface area contributed by atoms with E-state index < -0.39 is 0 Å². The van der Waals surface area contributed by atoms with Crippen molar-refractivity contribution < 1.29 is 0 Å². The Morgan fingerprint density at radius 2 is 0.524 bits per heavy atom. The van der Waals surface area contributed by atoms with Gasteiger partial charge in [-0.05, 0) is 25.7 Å². The Balaban J connectivity index is 0. The van der Waals surface area contributed by atoms with Crippen LogP contribution in [-0.2, 0) is 0 Å². The molecule has 0 atom stereocenters. The summed E-state index contributed by atoms with van der Waals surface area (Å²) in [5.74, 6) is 10.5. The summed E-state index contributed by atoms with van der Waals surface area (Å²) in [5, 5.41) is 0. The van der Waals surface area contributed by atoms with Gasteiger partial charge in [0, 0.05) is 25.7 Å². The molecule has 0 aromatic rings. The third-order valence-corrected chi connectivity index (χ3v) is 3.03. The SMILES string of the molecule is C#CCCCCCC#C.C#CCCCCCCCCC#C. The topological polar surface area (TPSA) is 0 Å². The van der Waals surface area contributed by atoms with Crippen LogP contribution in [0.25, 0.3) is 0 Å². The smallest absolute Gasteiger partial charge is 0.00860 e. The standard InChI is InChI=1S/C12H18.C9H12/c1-3-5-7-9-11-12-10-8-6-4-2;1-3-5-7-9-8-6-4-2/h1-2H,5-12H2;1-2H,5-9H2. The van der Waals surface area contributed by atoms with Crippen LogP contribution in [0, 0.1) is 49.4 Å². The molecule has 0 N–H and O–H groups in total. The van der Waals surface area contributed by atoms with E-state index in [2.05, 4.69) is 23.7 Å². The van der Waals surface area contributed by atoms with Crippen molar-refractivity contribution in [3.63, 3.8) is 0 Å². The quantitative estimate of drug-likeness (QED) is 0.343. The zero-order valence-electron chi connectivity index (χ0n) is 13.5. The summed E-state index contributed by atoms with van der Waals surface area (Å²) in [6.45, 7) is 0. The van der Waals surface area contributed by atoms with Crippen LogP contribution in [0.5, 0.6) is 0 Å². The van der Waals surface area contributed by atoms with E-state index in [0.29, 0.717) is 0 Å². The molecule has 0 radical (unpaired) electrons. The molecule has 0 saturated carbocycles. The summed E-state index contributed by atoms with van der Waals surface area (Å²) in [7, 11) is 0. The molecule has 0 aliphatic heterocycles.